The van der Waals surface area contributed by atoms with Crippen molar-refractivity contribution in [2.24, 2.45) is 0 Å². The van der Waals surface area contributed by atoms with E-state index in [0.29, 0.717) is 6.42 Å². The van der Waals surface area contributed by atoms with Crippen molar-refractivity contribution >= 4 is 21.9 Å². The molecule has 0 aliphatic rings. The van der Waals surface area contributed by atoms with E-state index in [1.54, 1.807) is 0 Å². The molecule has 0 radical (unpaired) electrons. The Labute approximate surface area is 106 Å². The van der Waals surface area contributed by atoms with Crippen LogP contribution in [0.25, 0.3) is 0 Å². The van der Waals surface area contributed by atoms with Gasteiger partial charge >= 0.3 is 5.97 Å². The van der Waals surface area contributed by atoms with Crippen LogP contribution in [0.15, 0.2) is 16.6 Å². The molecule has 0 aromatic heterocycles. The number of benzene rings is 1. The van der Waals surface area contributed by atoms with Crippen LogP contribution in [-0.4, -0.2) is 5.97 Å². The van der Waals surface area contributed by atoms with Crippen LogP contribution in [0, 0.1) is 11.6 Å². The summed E-state index contributed by atoms with van der Waals surface area (Å²) in [5, 5.41) is 0. The minimum Gasteiger partial charge on any atom is -0.281 e. The van der Waals surface area contributed by atoms with Gasteiger partial charge in [-0.15, -0.1) is 0 Å². The quantitative estimate of drug-likeness (QED) is 0.614. The third kappa shape index (κ3) is 4.30. The summed E-state index contributed by atoms with van der Waals surface area (Å²) in [6.07, 6.45) is 1.60. The topological polar surface area (TPSA) is 35.5 Å². The molecular weight excluding hydrogens is 298 g/mol. The summed E-state index contributed by atoms with van der Waals surface area (Å²) in [5.41, 5.74) is 0. The van der Waals surface area contributed by atoms with Crippen LogP contribution in [0.5, 0.6) is 5.75 Å². The van der Waals surface area contributed by atoms with Crippen LogP contribution in [0.4, 0.5) is 8.78 Å². The molecule has 0 fully saturated rings. The highest BCUT2D eigenvalue weighted by Crippen LogP contribution is 2.26. The molecule has 0 amide bonds. The van der Waals surface area contributed by atoms with Crippen molar-refractivity contribution in [3.05, 3.63) is 28.2 Å². The Morgan fingerprint density at radius 2 is 1.94 bits per heavy atom. The molecule has 1 aromatic carbocycles. The fraction of sp³-hybridized carbons (Fsp3) is 0.364. The zero-order valence-electron chi connectivity index (χ0n) is 9.13. The van der Waals surface area contributed by atoms with Crippen LogP contribution in [0.2, 0.25) is 0 Å². The molecular formula is C11H11BrF2O3. The minimum atomic E-state index is -0.944. The molecule has 17 heavy (non-hydrogen) atoms. The number of carbonyl (C=O) groups excluding carboxylic acids is 1. The van der Waals surface area contributed by atoms with Crippen molar-refractivity contribution in [2.45, 2.75) is 26.2 Å². The van der Waals surface area contributed by atoms with Gasteiger partial charge in [-0.2, -0.15) is 0 Å². The first-order chi connectivity index (χ1) is 8.04. The first kappa shape index (κ1) is 13.9. The van der Waals surface area contributed by atoms with Crippen molar-refractivity contribution in [3.8, 4) is 5.75 Å². The number of carbonyl (C=O) groups is 1. The fourth-order valence-corrected chi connectivity index (χ4v) is 1.46. The lowest BCUT2D eigenvalue weighted by molar-refractivity contribution is -0.215. The van der Waals surface area contributed by atoms with Gasteiger partial charge in [0.05, 0.1) is 6.42 Å². The zero-order valence-corrected chi connectivity index (χ0v) is 10.7. The van der Waals surface area contributed by atoms with E-state index < -0.39 is 23.4 Å². The van der Waals surface area contributed by atoms with Gasteiger partial charge in [-0.3, -0.25) is 9.78 Å². The van der Waals surface area contributed by atoms with Gasteiger partial charge in [0.25, 0.3) is 0 Å². The second-order valence-electron chi connectivity index (χ2n) is 3.34. The van der Waals surface area contributed by atoms with Crippen LogP contribution < -0.4 is 4.89 Å². The van der Waals surface area contributed by atoms with Crippen LogP contribution in [0.1, 0.15) is 26.2 Å². The summed E-state index contributed by atoms with van der Waals surface area (Å²) in [6, 6.07) is 2.02. The molecule has 0 bridgehead atoms. The van der Waals surface area contributed by atoms with Gasteiger partial charge in [-0.05, 0) is 18.6 Å². The Kier molecular flexibility index (Phi) is 5.34. The highest BCUT2D eigenvalue weighted by atomic mass is 79.9. The van der Waals surface area contributed by atoms with E-state index in [2.05, 4.69) is 25.7 Å². The Balaban J connectivity index is 2.60. The second-order valence-corrected chi connectivity index (χ2v) is 4.26. The predicted molar refractivity (Wildman–Crippen MR) is 60.3 cm³/mol. The van der Waals surface area contributed by atoms with Gasteiger partial charge in [0.15, 0.2) is 11.6 Å². The molecule has 0 aliphatic carbocycles. The lowest BCUT2D eigenvalue weighted by Gasteiger charge is -2.06. The molecule has 0 unspecified atom stereocenters. The number of halogens is 3. The van der Waals surface area contributed by atoms with E-state index in [9.17, 15) is 13.6 Å². The molecule has 0 heterocycles. The third-order valence-electron chi connectivity index (χ3n) is 1.92. The number of hydrogen-bond acceptors (Lipinski definition) is 3. The van der Waals surface area contributed by atoms with Crippen LogP contribution in [-0.2, 0) is 9.68 Å². The molecule has 1 rings (SSSR count). The molecule has 0 N–H and O–H groups in total. The Morgan fingerprint density at radius 1 is 1.35 bits per heavy atom. The Bertz CT molecular complexity index is 387. The second kappa shape index (κ2) is 6.54. The lowest BCUT2D eigenvalue weighted by atomic mass is 10.3. The van der Waals surface area contributed by atoms with Gasteiger partial charge in [-0.25, -0.2) is 13.6 Å². The minimum absolute atomic E-state index is 0.149. The van der Waals surface area contributed by atoms with Crippen molar-refractivity contribution in [2.75, 3.05) is 0 Å². The largest absolute Gasteiger partial charge is 0.355 e. The predicted octanol–water partition coefficient (Wildman–Crippen LogP) is 3.75. The molecule has 1 aromatic rings. The normalized spacial score (nSPS) is 10.1. The van der Waals surface area contributed by atoms with Gasteiger partial charge < -0.3 is 0 Å². The molecule has 0 spiro atoms. The monoisotopic (exact) mass is 308 g/mol. The van der Waals surface area contributed by atoms with E-state index in [-0.39, 0.29) is 10.9 Å². The molecule has 6 heteroatoms. The van der Waals surface area contributed by atoms with E-state index >= 15 is 0 Å². The lowest BCUT2D eigenvalue weighted by Crippen LogP contribution is -2.09. The van der Waals surface area contributed by atoms with Crippen LogP contribution in [0.3, 0.4) is 0 Å². The van der Waals surface area contributed by atoms with E-state index in [4.69, 9.17) is 0 Å². The summed E-state index contributed by atoms with van der Waals surface area (Å²) in [6.45, 7) is 1.90. The molecule has 94 valence electrons. The maximum Gasteiger partial charge on any atom is 0.355 e. The highest BCUT2D eigenvalue weighted by molar-refractivity contribution is 9.10. The van der Waals surface area contributed by atoms with Crippen molar-refractivity contribution < 1.29 is 23.4 Å². The summed E-state index contributed by atoms with van der Waals surface area (Å²) in [7, 11) is 0. The summed E-state index contributed by atoms with van der Waals surface area (Å²) in [4.78, 5) is 19.7. The fourth-order valence-electron chi connectivity index (χ4n) is 1.06. The molecule has 0 aliphatic heterocycles. The van der Waals surface area contributed by atoms with Gasteiger partial charge in [-0.1, -0.05) is 29.3 Å². The maximum absolute atomic E-state index is 13.2. The van der Waals surface area contributed by atoms with Gasteiger partial charge in [0, 0.05) is 4.47 Å². The third-order valence-corrected chi connectivity index (χ3v) is 2.37. The van der Waals surface area contributed by atoms with Gasteiger partial charge in [0.1, 0.15) is 0 Å². The van der Waals surface area contributed by atoms with Crippen LogP contribution >= 0.6 is 15.9 Å². The van der Waals surface area contributed by atoms with Crippen molar-refractivity contribution in [3.63, 3.8) is 0 Å². The zero-order chi connectivity index (χ0) is 12.8. The van der Waals surface area contributed by atoms with Gasteiger partial charge in [0.2, 0.25) is 5.75 Å². The number of unbranched alkanes of at least 4 members (excludes halogenated alkanes) is 1. The smallest absolute Gasteiger partial charge is 0.281 e. The Morgan fingerprint density at radius 3 is 2.47 bits per heavy atom. The van der Waals surface area contributed by atoms with Crippen molar-refractivity contribution in [1.29, 1.82) is 0 Å². The average molecular weight is 309 g/mol. The van der Waals surface area contributed by atoms with E-state index in [0.717, 1.165) is 18.6 Å². The number of rotatable bonds is 5. The first-order valence-electron chi connectivity index (χ1n) is 5.06. The SMILES string of the molecule is CCCCC(=O)OOc1c(F)cc(Br)cc1F. The molecule has 0 atom stereocenters. The molecule has 3 nitrogen and oxygen atoms in total. The highest BCUT2D eigenvalue weighted by Gasteiger charge is 2.15. The van der Waals surface area contributed by atoms with E-state index in [1.165, 1.54) is 0 Å². The molecule has 0 saturated carbocycles. The summed E-state index contributed by atoms with van der Waals surface area (Å²) in [5.74, 6) is -3.27. The number of hydrogen-bond donors (Lipinski definition) is 0. The molecule has 0 saturated heterocycles. The van der Waals surface area contributed by atoms with Crippen molar-refractivity contribution in [1.82, 2.24) is 0 Å². The average Bonchev–Trinajstić information content (AvgIpc) is 2.24. The summed E-state index contributed by atoms with van der Waals surface area (Å²) < 4.78 is 26.7. The maximum atomic E-state index is 13.2. The standard InChI is InChI=1S/C11H11BrF2O3/c1-2-3-4-10(15)16-17-11-8(13)5-7(12)6-9(11)14/h5-6H,2-4H2,1H3. The Hall–Kier alpha value is -1.17. The summed E-state index contributed by atoms with van der Waals surface area (Å²) >= 11 is 2.92. The van der Waals surface area contributed by atoms with E-state index in [1.807, 2.05) is 6.92 Å². The first-order valence-corrected chi connectivity index (χ1v) is 5.85.